The number of anilines is 1. The number of benzene rings is 2. The summed E-state index contributed by atoms with van der Waals surface area (Å²) < 4.78 is 1.56. The van der Waals surface area contributed by atoms with Crippen LogP contribution in [-0.2, 0) is 0 Å². The number of nitrogens with zero attached hydrogens (tertiary/aromatic N) is 4. The summed E-state index contributed by atoms with van der Waals surface area (Å²) in [6.45, 7) is 1.72. The van der Waals surface area contributed by atoms with E-state index in [1.807, 2.05) is 51.5 Å². The van der Waals surface area contributed by atoms with Crippen molar-refractivity contribution in [3.63, 3.8) is 0 Å². The normalized spacial score (nSPS) is 11.2. The van der Waals surface area contributed by atoms with Crippen LogP contribution in [-0.4, -0.2) is 48.7 Å². The Morgan fingerprint density at radius 2 is 1.76 bits per heavy atom. The van der Waals surface area contributed by atoms with Crippen molar-refractivity contribution in [1.29, 1.82) is 0 Å². The minimum absolute atomic E-state index is 0.0837. The van der Waals surface area contributed by atoms with Crippen LogP contribution in [0.3, 0.4) is 0 Å². The Bertz CT molecular complexity index is 934. The number of hydrogen-bond donors (Lipinski definition) is 0. The Morgan fingerprint density at radius 3 is 2.44 bits per heavy atom. The van der Waals surface area contributed by atoms with E-state index < -0.39 is 0 Å². The van der Waals surface area contributed by atoms with Gasteiger partial charge in [-0.3, -0.25) is 9.36 Å². The molecule has 0 aliphatic carbocycles. The van der Waals surface area contributed by atoms with Crippen molar-refractivity contribution in [3.05, 3.63) is 64.2 Å². The van der Waals surface area contributed by atoms with Crippen molar-refractivity contribution in [2.24, 2.45) is 0 Å². The van der Waals surface area contributed by atoms with E-state index in [2.05, 4.69) is 14.8 Å². The second-order valence-electron chi connectivity index (χ2n) is 6.29. The lowest BCUT2D eigenvalue weighted by Crippen LogP contribution is -2.30. The highest BCUT2D eigenvalue weighted by Crippen LogP contribution is 2.22. The van der Waals surface area contributed by atoms with Gasteiger partial charge in [0.15, 0.2) is 0 Å². The van der Waals surface area contributed by atoms with E-state index in [-0.39, 0.29) is 5.56 Å². The molecule has 3 aromatic rings. The summed E-state index contributed by atoms with van der Waals surface area (Å²) in [4.78, 5) is 21.8. The molecular formula is C19H21ClN4O. The molecule has 3 rings (SSSR count). The largest absolute Gasteiger partial charge is 0.373 e. The van der Waals surface area contributed by atoms with Crippen LogP contribution in [0.2, 0.25) is 5.02 Å². The maximum Gasteiger partial charge on any atom is 0.267 e. The summed E-state index contributed by atoms with van der Waals surface area (Å²) in [5.74, 6) is 0. The standard InChI is InChI=1S/C19H21ClN4O/c1-22(2)11-12-23(3)17-6-4-5-16-18(17)19(25)24(13-21-16)15-9-7-14(20)8-10-15/h4-10,13H,11-12H2,1-3H3. The van der Waals surface area contributed by atoms with Crippen molar-refractivity contribution in [3.8, 4) is 5.69 Å². The van der Waals surface area contributed by atoms with E-state index in [9.17, 15) is 4.79 Å². The first-order chi connectivity index (χ1) is 12.0. The molecule has 0 atom stereocenters. The summed E-state index contributed by atoms with van der Waals surface area (Å²) in [6.07, 6.45) is 1.57. The van der Waals surface area contributed by atoms with E-state index >= 15 is 0 Å². The first-order valence-electron chi connectivity index (χ1n) is 8.09. The van der Waals surface area contributed by atoms with Gasteiger partial charge < -0.3 is 9.80 Å². The smallest absolute Gasteiger partial charge is 0.267 e. The number of halogens is 1. The Labute approximate surface area is 152 Å². The third kappa shape index (κ3) is 3.67. The third-order valence-electron chi connectivity index (χ3n) is 4.16. The zero-order valence-electron chi connectivity index (χ0n) is 14.6. The molecule has 0 bridgehead atoms. The zero-order valence-corrected chi connectivity index (χ0v) is 15.4. The quantitative estimate of drug-likeness (QED) is 0.704. The molecule has 0 saturated heterocycles. The molecule has 1 aromatic heterocycles. The lowest BCUT2D eigenvalue weighted by molar-refractivity contribution is 0.416. The van der Waals surface area contributed by atoms with E-state index in [1.54, 1.807) is 23.0 Å². The van der Waals surface area contributed by atoms with E-state index in [4.69, 9.17) is 11.6 Å². The molecule has 0 fully saturated rings. The summed E-state index contributed by atoms with van der Waals surface area (Å²) in [7, 11) is 6.06. The van der Waals surface area contributed by atoms with E-state index in [0.29, 0.717) is 15.9 Å². The maximum absolute atomic E-state index is 13.1. The molecule has 0 saturated carbocycles. The van der Waals surface area contributed by atoms with Crippen LogP contribution in [0.4, 0.5) is 5.69 Å². The highest BCUT2D eigenvalue weighted by atomic mass is 35.5. The van der Waals surface area contributed by atoms with Crippen LogP contribution in [0.1, 0.15) is 0 Å². The van der Waals surface area contributed by atoms with Crippen LogP contribution < -0.4 is 10.5 Å². The number of hydrogen-bond acceptors (Lipinski definition) is 4. The molecule has 0 amide bonds. The highest BCUT2D eigenvalue weighted by molar-refractivity contribution is 6.30. The Hall–Kier alpha value is -2.37. The van der Waals surface area contributed by atoms with Crippen molar-refractivity contribution in [2.45, 2.75) is 0 Å². The maximum atomic E-state index is 13.1. The van der Waals surface area contributed by atoms with Gasteiger partial charge in [-0.15, -0.1) is 0 Å². The van der Waals surface area contributed by atoms with E-state index in [1.165, 1.54) is 0 Å². The van der Waals surface area contributed by atoms with Gasteiger partial charge in [-0.25, -0.2) is 4.98 Å². The number of aromatic nitrogens is 2. The fourth-order valence-electron chi connectivity index (χ4n) is 2.72. The lowest BCUT2D eigenvalue weighted by Gasteiger charge is -2.23. The molecule has 0 N–H and O–H groups in total. The summed E-state index contributed by atoms with van der Waals surface area (Å²) in [5.41, 5.74) is 2.25. The van der Waals surface area contributed by atoms with Crippen LogP contribution in [0.15, 0.2) is 53.6 Å². The number of rotatable bonds is 5. The number of fused-ring (bicyclic) bond motifs is 1. The Morgan fingerprint density at radius 1 is 1.04 bits per heavy atom. The Kier molecular flexibility index (Phi) is 5.06. The first kappa shape index (κ1) is 17.5. The molecule has 0 spiro atoms. The average Bonchev–Trinajstić information content (AvgIpc) is 2.60. The topological polar surface area (TPSA) is 41.4 Å². The summed E-state index contributed by atoms with van der Waals surface area (Å²) in [6, 6.07) is 12.9. The molecule has 0 aliphatic heterocycles. The number of likely N-dealkylation sites (N-methyl/N-ethyl adjacent to an activating group) is 2. The molecule has 130 valence electrons. The van der Waals surface area contributed by atoms with Gasteiger partial charge in [-0.05, 0) is 50.5 Å². The van der Waals surface area contributed by atoms with Crippen molar-refractivity contribution in [1.82, 2.24) is 14.5 Å². The Balaban J connectivity index is 2.12. The molecule has 0 radical (unpaired) electrons. The van der Waals surface area contributed by atoms with Gasteiger partial charge in [0.2, 0.25) is 0 Å². The van der Waals surface area contributed by atoms with Gasteiger partial charge >= 0.3 is 0 Å². The minimum atomic E-state index is -0.0837. The monoisotopic (exact) mass is 356 g/mol. The molecular weight excluding hydrogens is 336 g/mol. The van der Waals surface area contributed by atoms with Crippen LogP contribution in [0.5, 0.6) is 0 Å². The van der Waals surface area contributed by atoms with Gasteiger partial charge in [0, 0.05) is 25.2 Å². The highest BCUT2D eigenvalue weighted by Gasteiger charge is 2.13. The fourth-order valence-corrected chi connectivity index (χ4v) is 2.85. The van der Waals surface area contributed by atoms with Crippen LogP contribution >= 0.6 is 11.6 Å². The van der Waals surface area contributed by atoms with Gasteiger partial charge in [0.25, 0.3) is 5.56 Å². The minimum Gasteiger partial charge on any atom is -0.373 e. The third-order valence-corrected chi connectivity index (χ3v) is 4.42. The van der Waals surface area contributed by atoms with Gasteiger partial charge in [0.05, 0.1) is 22.3 Å². The zero-order chi connectivity index (χ0) is 18.0. The van der Waals surface area contributed by atoms with Gasteiger partial charge in [-0.1, -0.05) is 17.7 Å². The molecule has 0 aliphatic rings. The average molecular weight is 357 g/mol. The summed E-state index contributed by atoms with van der Waals surface area (Å²) in [5, 5.41) is 1.26. The predicted molar refractivity (Wildman–Crippen MR) is 104 cm³/mol. The predicted octanol–water partition coefficient (Wildman–Crippen LogP) is 3.04. The van der Waals surface area contributed by atoms with Crippen LogP contribution in [0.25, 0.3) is 16.6 Å². The molecule has 2 aromatic carbocycles. The van der Waals surface area contributed by atoms with Gasteiger partial charge in [0.1, 0.15) is 6.33 Å². The SMILES string of the molecule is CN(C)CCN(C)c1cccc2ncn(-c3ccc(Cl)cc3)c(=O)c12. The lowest BCUT2D eigenvalue weighted by atomic mass is 10.2. The molecule has 5 nitrogen and oxygen atoms in total. The molecule has 1 heterocycles. The molecule has 25 heavy (non-hydrogen) atoms. The van der Waals surface area contributed by atoms with Crippen molar-refractivity contribution < 1.29 is 0 Å². The fraction of sp³-hybridized carbons (Fsp3) is 0.263. The van der Waals surface area contributed by atoms with Crippen molar-refractivity contribution >= 4 is 28.2 Å². The van der Waals surface area contributed by atoms with Crippen LogP contribution in [0, 0.1) is 0 Å². The summed E-state index contributed by atoms with van der Waals surface area (Å²) >= 11 is 5.95. The van der Waals surface area contributed by atoms with Crippen molar-refractivity contribution in [2.75, 3.05) is 39.1 Å². The first-order valence-corrected chi connectivity index (χ1v) is 8.47. The van der Waals surface area contributed by atoms with Gasteiger partial charge in [-0.2, -0.15) is 0 Å². The second-order valence-corrected chi connectivity index (χ2v) is 6.73. The molecule has 6 heteroatoms. The molecule has 0 unspecified atom stereocenters. The second kappa shape index (κ2) is 7.25. The van der Waals surface area contributed by atoms with E-state index in [0.717, 1.165) is 24.5 Å².